The van der Waals surface area contributed by atoms with E-state index >= 15 is 0 Å². The van der Waals surface area contributed by atoms with E-state index in [4.69, 9.17) is 32.7 Å². The second-order valence-corrected chi connectivity index (χ2v) is 9.54. The Morgan fingerprint density at radius 1 is 1.06 bits per heavy atom. The largest absolute Gasteiger partial charge is 0.493 e. The third-order valence-electron chi connectivity index (χ3n) is 6.29. The summed E-state index contributed by atoms with van der Waals surface area (Å²) >= 11 is 12.2. The summed E-state index contributed by atoms with van der Waals surface area (Å²) in [7, 11) is 3.80. The minimum absolute atomic E-state index is 0.482. The van der Waals surface area contributed by atoms with Gasteiger partial charge in [-0.2, -0.15) is 5.10 Å². The van der Waals surface area contributed by atoms with Gasteiger partial charge in [-0.15, -0.1) is 0 Å². The zero-order valence-electron chi connectivity index (χ0n) is 19.5. The van der Waals surface area contributed by atoms with Gasteiger partial charge in [-0.05, 0) is 57.1 Å². The quantitative estimate of drug-likeness (QED) is 0.323. The molecule has 4 aromatic rings. The molecule has 1 aliphatic heterocycles. The van der Waals surface area contributed by atoms with E-state index in [9.17, 15) is 0 Å². The van der Waals surface area contributed by atoms with E-state index in [2.05, 4.69) is 37.4 Å². The van der Waals surface area contributed by atoms with Gasteiger partial charge < -0.3 is 19.7 Å². The predicted octanol–water partition coefficient (Wildman–Crippen LogP) is 5.80. The first-order chi connectivity index (χ1) is 17.0. The number of benzene rings is 2. The van der Waals surface area contributed by atoms with E-state index in [-0.39, 0.29) is 0 Å². The molecule has 35 heavy (non-hydrogen) atoms. The number of nitrogens with zero attached hydrogens (tertiary/aromatic N) is 4. The molecular weight excluding hydrogens is 487 g/mol. The van der Waals surface area contributed by atoms with Crippen molar-refractivity contribution in [3.8, 4) is 22.8 Å². The molecule has 0 aliphatic carbocycles. The van der Waals surface area contributed by atoms with Gasteiger partial charge in [-0.3, -0.25) is 5.10 Å². The van der Waals surface area contributed by atoms with E-state index in [0.717, 1.165) is 48.1 Å². The molecule has 1 aliphatic rings. The summed E-state index contributed by atoms with van der Waals surface area (Å²) < 4.78 is 11.8. The number of nitrogens with one attached hydrogen (secondary N) is 2. The van der Waals surface area contributed by atoms with E-state index in [0.29, 0.717) is 45.7 Å². The van der Waals surface area contributed by atoms with Crippen LogP contribution in [0.1, 0.15) is 12.8 Å². The Kier molecular flexibility index (Phi) is 6.95. The van der Waals surface area contributed by atoms with Gasteiger partial charge in [0.25, 0.3) is 0 Å². The first-order valence-corrected chi connectivity index (χ1v) is 12.2. The maximum Gasteiger partial charge on any atom is 0.163 e. The van der Waals surface area contributed by atoms with Crippen LogP contribution < -0.4 is 14.8 Å². The first kappa shape index (κ1) is 23.7. The molecule has 0 spiro atoms. The van der Waals surface area contributed by atoms with Crippen LogP contribution in [0.25, 0.3) is 22.2 Å². The summed E-state index contributed by atoms with van der Waals surface area (Å²) in [6, 6.07) is 11.1. The number of ether oxygens (including phenoxy) is 2. The Balaban J connectivity index is 1.36. The molecule has 2 aromatic carbocycles. The molecule has 5 rings (SSSR count). The highest BCUT2D eigenvalue weighted by Crippen LogP contribution is 2.36. The summed E-state index contributed by atoms with van der Waals surface area (Å²) in [5.74, 6) is 3.08. The van der Waals surface area contributed by atoms with Crippen molar-refractivity contribution in [1.82, 2.24) is 25.1 Å². The van der Waals surface area contributed by atoms with Crippen molar-refractivity contribution in [3.63, 3.8) is 0 Å². The van der Waals surface area contributed by atoms with Gasteiger partial charge in [0.05, 0.1) is 35.0 Å². The van der Waals surface area contributed by atoms with Crippen LogP contribution in [0.5, 0.6) is 11.5 Å². The lowest BCUT2D eigenvalue weighted by molar-refractivity contribution is 0.157. The topological polar surface area (TPSA) is 88.2 Å². The fourth-order valence-electron chi connectivity index (χ4n) is 4.19. The van der Waals surface area contributed by atoms with Gasteiger partial charge >= 0.3 is 0 Å². The molecule has 0 saturated carbocycles. The molecule has 2 N–H and O–H groups in total. The van der Waals surface area contributed by atoms with Crippen LogP contribution in [0.3, 0.4) is 0 Å². The summed E-state index contributed by atoms with van der Waals surface area (Å²) in [6.07, 6.45) is 3.79. The lowest BCUT2D eigenvalue weighted by atomic mass is 9.98. The van der Waals surface area contributed by atoms with Gasteiger partial charge in [0.2, 0.25) is 0 Å². The molecule has 0 atom stereocenters. The van der Waals surface area contributed by atoms with Crippen LogP contribution in [0.2, 0.25) is 10.0 Å². The number of methoxy groups -OCH3 is 1. The van der Waals surface area contributed by atoms with Crippen LogP contribution in [-0.2, 0) is 0 Å². The normalized spacial score (nSPS) is 14.9. The van der Waals surface area contributed by atoms with Gasteiger partial charge in [0.15, 0.2) is 17.3 Å². The number of rotatable bonds is 7. The van der Waals surface area contributed by atoms with E-state index < -0.39 is 0 Å². The third-order valence-corrected chi connectivity index (χ3v) is 7.03. The minimum atomic E-state index is 0.482. The number of fused-ring (bicyclic) bond motifs is 1. The van der Waals surface area contributed by atoms with Crippen molar-refractivity contribution in [2.24, 2.45) is 5.92 Å². The van der Waals surface area contributed by atoms with E-state index in [1.807, 2.05) is 24.3 Å². The lowest BCUT2D eigenvalue weighted by Gasteiger charge is -2.28. The number of piperidine rings is 1. The highest BCUT2D eigenvalue weighted by molar-refractivity contribution is 6.42. The molecule has 0 amide bonds. The number of hydrogen-bond acceptors (Lipinski definition) is 7. The Morgan fingerprint density at radius 2 is 1.89 bits per heavy atom. The Hall–Kier alpha value is -3.07. The second kappa shape index (κ2) is 10.3. The van der Waals surface area contributed by atoms with Crippen molar-refractivity contribution >= 4 is 45.7 Å². The Morgan fingerprint density at radius 3 is 2.66 bits per heavy atom. The van der Waals surface area contributed by atoms with Crippen LogP contribution in [-0.4, -0.2) is 58.9 Å². The third kappa shape index (κ3) is 5.29. The van der Waals surface area contributed by atoms with Crippen LogP contribution in [0.15, 0.2) is 42.7 Å². The standard InChI is InChI=1S/C25H26Cl2N6O2/c1-33-7-5-15(6-8-33)13-35-23-11-21-17(10-22(23)34-2)25(29-14-28-21)30-24-12-20(31-32-24)16-3-4-18(26)19(27)9-16/h3-4,9-12,14-15H,5-8,13H2,1-2H3,(H2,28,29,30,31,32). The molecule has 8 nitrogen and oxygen atoms in total. The summed E-state index contributed by atoms with van der Waals surface area (Å²) in [5.41, 5.74) is 2.43. The van der Waals surface area contributed by atoms with Crippen LogP contribution in [0, 0.1) is 5.92 Å². The number of likely N-dealkylation sites (tertiary alicyclic amines) is 1. The van der Waals surface area contributed by atoms with Crippen molar-refractivity contribution in [2.75, 3.05) is 39.2 Å². The molecule has 0 unspecified atom stereocenters. The van der Waals surface area contributed by atoms with Gasteiger partial charge in [0, 0.05) is 23.1 Å². The second-order valence-electron chi connectivity index (χ2n) is 8.72. The Bertz CT molecular complexity index is 1340. The van der Waals surface area contributed by atoms with Gasteiger partial charge in [0.1, 0.15) is 12.1 Å². The smallest absolute Gasteiger partial charge is 0.163 e. The molecule has 2 aromatic heterocycles. The highest BCUT2D eigenvalue weighted by atomic mass is 35.5. The lowest BCUT2D eigenvalue weighted by Crippen LogP contribution is -2.32. The average molecular weight is 513 g/mol. The number of halogens is 2. The zero-order valence-corrected chi connectivity index (χ0v) is 21.0. The number of H-pyrrole nitrogens is 1. The van der Waals surface area contributed by atoms with E-state index in [1.165, 1.54) is 6.33 Å². The predicted molar refractivity (Wildman–Crippen MR) is 139 cm³/mol. The van der Waals surface area contributed by atoms with Crippen LogP contribution in [0.4, 0.5) is 11.6 Å². The Labute approximate surface area is 213 Å². The average Bonchev–Trinajstić information content (AvgIpc) is 3.33. The summed E-state index contributed by atoms with van der Waals surface area (Å²) in [5, 5.41) is 12.4. The first-order valence-electron chi connectivity index (χ1n) is 11.4. The maximum absolute atomic E-state index is 6.18. The van der Waals surface area contributed by atoms with Crippen molar-refractivity contribution in [1.29, 1.82) is 0 Å². The molecule has 10 heteroatoms. The maximum atomic E-state index is 6.18. The molecule has 1 fully saturated rings. The van der Waals surface area contributed by atoms with Crippen molar-refractivity contribution in [2.45, 2.75) is 12.8 Å². The fourth-order valence-corrected chi connectivity index (χ4v) is 4.49. The molecular formula is C25H26Cl2N6O2. The van der Waals surface area contributed by atoms with E-state index in [1.54, 1.807) is 19.2 Å². The number of aromatic nitrogens is 4. The highest BCUT2D eigenvalue weighted by Gasteiger charge is 2.19. The summed E-state index contributed by atoms with van der Waals surface area (Å²) in [6.45, 7) is 2.87. The van der Waals surface area contributed by atoms with Crippen molar-refractivity contribution < 1.29 is 9.47 Å². The minimum Gasteiger partial charge on any atom is -0.493 e. The summed E-state index contributed by atoms with van der Waals surface area (Å²) in [4.78, 5) is 11.2. The molecule has 1 saturated heterocycles. The van der Waals surface area contributed by atoms with Crippen LogP contribution >= 0.6 is 23.2 Å². The SMILES string of the molecule is COc1cc2c(Nc3cc(-c4ccc(Cl)c(Cl)c4)[nH]n3)ncnc2cc1OCC1CCN(C)CC1. The molecule has 0 radical (unpaired) electrons. The molecule has 0 bridgehead atoms. The monoisotopic (exact) mass is 512 g/mol. The van der Waals surface area contributed by atoms with Crippen molar-refractivity contribution in [3.05, 3.63) is 52.8 Å². The molecule has 182 valence electrons. The fraction of sp³-hybridized carbons (Fsp3) is 0.320. The molecule has 3 heterocycles. The number of aromatic amines is 1. The zero-order chi connectivity index (χ0) is 24.4. The van der Waals surface area contributed by atoms with Gasteiger partial charge in [-0.1, -0.05) is 29.3 Å². The number of hydrogen-bond donors (Lipinski definition) is 2. The number of anilines is 2. The van der Waals surface area contributed by atoms with Gasteiger partial charge in [-0.25, -0.2) is 9.97 Å².